The maximum absolute atomic E-state index is 12.9. The zero-order chi connectivity index (χ0) is 20.4. The summed E-state index contributed by atoms with van der Waals surface area (Å²) >= 11 is 0. The molecule has 1 aliphatic rings. The van der Waals surface area contributed by atoms with Crippen LogP contribution >= 0.6 is 0 Å². The van der Waals surface area contributed by atoms with Gasteiger partial charge in [0.2, 0.25) is 11.9 Å². The van der Waals surface area contributed by atoms with E-state index in [4.69, 9.17) is 9.47 Å². The Kier molecular flexibility index (Phi) is 5.20. The van der Waals surface area contributed by atoms with Gasteiger partial charge in [-0.2, -0.15) is 10.1 Å². The third kappa shape index (κ3) is 3.33. The van der Waals surface area contributed by atoms with Crippen LogP contribution in [-0.2, 0) is 4.79 Å². The third-order valence-electron chi connectivity index (χ3n) is 5.39. The molecule has 2 aromatic carbocycles. The second kappa shape index (κ2) is 7.95. The Bertz CT molecular complexity index is 999. The van der Waals surface area contributed by atoms with Crippen molar-refractivity contribution in [2.24, 2.45) is 0 Å². The summed E-state index contributed by atoms with van der Waals surface area (Å²) in [5.41, 5.74) is 2.05. The fraction of sp³-hybridized carbons (Fsp3) is 0.318. The minimum Gasteiger partial charge on any atom is -0.497 e. The number of benzene rings is 2. The van der Waals surface area contributed by atoms with Crippen molar-refractivity contribution in [3.8, 4) is 11.5 Å². The van der Waals surface area contributed by atoms with Gasteiger partial charge in [0, 0.05) is 12.0 Å². The van der Waals surface area contributed by atoms with Crippen LogP contribution in [0.25, 0.3) is 0 Å². The average molecular weight is 392 g/mol. The third-order valence-corrected chi connectivity index (χ3v) is 5.39. The highest BCUT2D eigenvalue weighted by Gasteiger charge is 2.39. The summed E-state index contributed by atoms with van der Waals surface area (Å²) in [4.78, 5) is 19.1. The Labute approximate surface area is 169 Å². The molecule has 0 radical (unpaired) electrons. The standard InChI is InChI=1S/C22H24N4O3/c1-4-21(27)25-18(15-9-11-16(28-2)12-10-15)13-19(26-22(25)23-14-24-26)17-7-5-6-8-20(17)29-3/h5-12,14,18-19H,4,13H2,1-3H3/t18-,19-/m0/s1. The SMILES string of the molecule is CCC(=O)N1c2ncnn2[C@H](c2ccccc2OC)C[C@H]1c1ccc(OC)cc1. The summed E-state index contributed by atoms with van der Waals surface area (Å²) in [6, 6.07) is 15.5. The van der Waals surface area contributed by atoms with Crippen LogP contribution in [0.3, 0.4) is 0 Å². The first-order valence-corrected chi connectivity index (χ1v) is 9.66. The average Bonchev–Trinajstić information content (AvgIpc) is 3.27. The molecule has 29 heavy (non-hydrogen) atoms. The fourth-order valence-electron chi connectivity index (χ4n) is 3.96. The van der Waals surface area contributed by atoms with Crippen molar-refractivity contribution in [3.63, 3.8) is 0 Å². The molecule has 1 amide bonds. The Morgan fingerprint density at radius 2 is 1.83 bits per heavy atom. The number of anilines is 1. The molecule has 4 rings (SSSR count). The maximum atomic E-state index is 12.9. The highest BCUT2D eigenvalue weighted by atomic mass is 16.5. The van der Waals surface area contributed by atoms with E-state index in [-0.39, 0.29) is 18.0 Å². The molecule has 7 nitrogen and oxygen atoms in total. The Morgan fingerprint density at radius 3 is 2.52 bits per heavy atom. The van der Waals surface area contributed by atoms with Crippen LogP contribution < -0.4 is 14.4 Å². The van der Waals surface area contributed by atoms with Crippen LogP contribution in [0.5, 0.6) is 11.5 Å². The largest absolute Gasteiger partial charge is 0.497 e. The smallest absolute Gasteiger partial charge is 0.231 e. The molecule has 0 N–H and O–H groups in total. The van der Waals surface area contributed by atoms with Gasteiger partial charge in [0.05, 0.1) is 26.3 Å². The van der Waals surface area contributed by atoms with E-state index in [0.717, 1.165) is 22.6 Å². The number of ether oxygens (including phenoxy) is 2. The van der Waals surface area contributed by atoms with E-state index in [9.17, 15) is 4.79 Å². The molecule has 0 fully saturated rings. The number of para-hydroxylation sites is 1. The summed E-state index contributed by atoms with van der Waals surface area (Å²) in [7, 11) is 3.31. The van der Waals surface area contributed by atoms with Gasteiger partial charge in [-0.15, -0.1) is 0 Å². The van der Waals surface area contributed by atoms with E-state index in [1.807, 2.05) is 60.1 Å². The molecule has 1 aliphatic heterocycles. The van der Waals surface area contributed by atoms with Crippen LogP contribution in [0.4, 0.5) is 5.95 Å². The molecule has 1 aromatic heterocycles. The predicted molar refractivity (Wildman–Crippen MR) is 109 cm³/mol. The summed E-state index contributed by atoms with van der Waals surface area (Å²) < 4.78 is 12.7. The molecule has 0 unspecified atom stereocenters. The Balaban J connectivity index is 1.84. The lowest BCUT2D eigenvalue weighted by atomic mass is 9.91. The van der Waals surface area contributed by atoms with Crippen molar-refractivity contribution >= 4 is 11.9 Å². The molecule has 3 aromatic rings. The molecule has 7 heteroatoms. The Morgan fingerprint density at radius 1 is 1.07 bits per heavy atom. The summed E-state index contributed by atoms with van der Waals surface area (Å²) in [5, 5.41) is 4.45. The van der Waals surface area contributed by atoms with Crippen molar-refractivity contribution in [2.75, 3.05) is 19.1 Å². The van der Waals surface area contributed by atoms with Crippen LogP contribution in [0.1, 0.15) is 43.0 Å². The van der Waals surface area contributed by atoms with Crippen molar-refractivity contribution in [3.05, 3.63) is 66.0 Å². The maximum Gasteiger partial charge on any atom is 0.231 e. The molecule has 0 spiro atoms. The molecule has 0 aliphatic carbocycles. The second-order valence-electron chi connectivity index (χ2n) is 6.90. The first-order chi connectivity index (χ1) is 14.2. The number of methoxy groups -OCH3 is 2. The number of hydrogen-bond acceptors (Lipinski definition) is 5. The van der Waals surface area contributed by atoms with Gasteiger partial charge in [0.25, 0.3) is 0 Å². The van der Waals surface area contributed by atoms with Gasteiger partial charge >= 0.3 is 0 Å². The number of carbonyl (C=O) groups excluding carboxylic acids is 1. The van der Waals surface area contributed by atoms with Gasteiger partial charge in [-0.1, -0.05) is 37.3 Å². The van der Waals surface area contributed by atoms with E-state index < -0.39 is 0 Å². The monoisotopic (exact) mass is 392 g/mol. The van der Waals surface area contributed by atoms with Gasteiger partial charge in [-0.25, -0.2) is 4.68 Å². The Hall–Kier alpha value is -3.35. The van der Waals surface area contributed by atoms with E-state index in [0.29, 0.717) is 18.8 Å². The zero-order valence-electron chi connectivity index (χ0n) is 16.8. The fourth-order valence-corrected chi connectivity index (χ4v) is 3.96. The van der Waals surface area contributed by atoms with Crippen molar-refractivity contribution in [2.45, 2.75) is 31.8 Å². The lowest BCUT2D eigenvalue weighted by Crippen LogP contribution is -2.42. The van der Waals surface area contributed by atoms with E-state index >= 15 is 0 Å². The zero-order valence-corrected chi connectivity index (χ0v) is 16.8. The number of carbonyl (C=O) groups is 1. The summed E-state index contributed by atoms with van der Waals surface area (Å²) in [5.74, 6) is 2.14. The van der Waals surface area contributed by atoms with Crippen molar-refractivity contribution in [1.82, 2.24) is 14.8 Å². The van der Waals surface area contributed by atoms with E-state index in [2.05, 4.69) is 10.1 Å². The number of fused-ring (bicyclic) bond motifs is 1. The summed E-state index contributed by atoms with van der Waals surface area (Å²) in [6.07, 6.45) is 2.55. The number of aromatic nitrogens is 3. The molecular formula is C22H24N4O3. The van der Waals surface area contributed by atoms with Crippen molar-refractivity contribution in [1.29, 1.82) is 0 Å². The van der Waals surface area contributed by atoms with Gasteiger partial charge in [-0.05, 0) is 30.2 Å². The van der Waals surface area contributed by atoms with Crippen LogP contribution in [0, 0.1) is 0 Å². The molecule has 2 heterocycles. The molecule has 0 saturated heterocycles. The number of hydrogen-bond donors (Lipinski definition) is 0. The minimum absolute atomic E-state index is 0.0125. The molecule has 0 bridgehead atoms. The first kappa shape index (κ1) is 19.0. The minimum atomic E-state index is -0.167. The van der Waals surface area contributed by atoms with Crippen LogP contribution in [0.15, 0.2) is 54.9 Å². The second-order valence-corrected chi connectivity index (χ2v) is 6.90. The lowest BCUT2D eigenvalue weighted by Gasteiger charge is -2.39. The van der Waals surface area contributed by atoms with Gasteiger partial charge in [-0.3, -0.25) is 9.69 Å². The topological polar surface area (TPSA) is 69.5 Å². The molecule has 0 saturated carbocycles. The van der Waals surface area contributed by atoms with Gasteiger partial charge < -0.3 is 9.47 Å². The highest BCUT2D eigenvalue weighted by molar-refractivity contribution is 5.92. The quantitative estimate of drug-likeness (QED) is 0.661. The number of rotatable bonds is 5. The van der Waals surface area contributed by atoms with E-state index in [1.54, 1.807) is 19.1 Å². The number of nitrogens with zero attached hydrogens (tertiary/aromatic N) is 4. The van der Waals surface area contributed by atoms with Gasteiger partial charge in [0.15, 0.2) is 0 Å². The van der Waals surface area contributed by atoms with Crippen LogP contribution in [0.2, 0.25) is 0 Å². The van der Waals surface area contributed by atoms with E-state index in [1.165, 1.54) is 6.33 Å². The van der Waals surface area contributed by atoms with Gasteiger partial charge in [0.1, 0.15) is 17.8 Å². The number of amides is 1. The lowest BCUT2D eigenvalue weighted by molar-refractivity contribution is -0.119. The van der Waals surface area contributed by atoms with Crippen LogP contribution in [-0.4, -0.2) is 34.9 Å². The van der Waals surface area contributed by atoms with Crippen molar-refractivity contribution < 1.29 is 14.3 Å². The predicted octanol–water partition coefficient (Wildman–Crippen LogP) is 3.77. The normalized spacial score (nSPS) is 18.2. The molecular weight excluding hydrogens is 368 g/mol. The highest BCUT2D eigenvalue weighted by Crippen LogP contribution is 2.44. The first-order valence-electron chi connectivity index (χ1n) is 9.66. The molecule has 2 atom stereocenters. The summed E-state index contributed by atoms with van der Waals surface area (Å²) in [6.45, 7) is 1.86. The molecule has 150 valence electrons.